The highest BCUT2D eigenvalue weighted by Gasteiger charge is 2.20. The van der Waals surface area contributed by atoms with E-state index in [0.717, 1.165) is 17.7 Å². The molecule has 3 nitrogen and oxygen atoms in total. The van der Waals surface area contributed by atoms with Crippen LogP contribution in [0.4, 0.5) is 5.69 Å². The van der Waals surface area contributed by atoms with Crippen LogP contribution >= 0.6 is 0 Å². The van der Waals surface area contributed by atoms with Crippen LogP contribution < -0.4 is 10.5 Å². The van der Waals surface area contributed by atoms with Gasteiger partial charge in [0.15, 0.2) is 5.78 Å². The van der Waals surface area contributed by atoms with Crippen LogP contribution in [0.3, 0.4) is 0 Å². The molecule has 1 aliphatic rings. The maximum atomic E-state index is 12.4. The summed E-state index contributed by atoms with van der Waals surface area (Å²) in [4.78, 5) is 12.4. The average Bonchev–Trinajstić information content (AvgIpc) is 2.76. The first-order valence-electron chi connectivity index (χ1n) is 6.33. The van der Waals surface area contributed by atoms with Gasteiger partial charge in [0.1, 0.15) is 11.9 Å². The molecule has 1 aliphatic heterocycles. The number of nitrogens with two attached hydrogens (primary N) is 1. The van der Waals surface area contributed by atoms with Gasteiger partial charge in [-0.25, -0.2) is 0 Å². The molecule has 2 aromatic rings. The lowest BCUT2D eigenvalue weighted by Gasteiger charge is -2.05. The van der Waals surface area contributed by atoms with E-state index in [1.807, 2.05) is 25.1 Å². The van der Waals surface area contributed by atoms with E-state index in [2.05, 4.69) is 0 Å². The van der Waals surface area contributed by atoms with Gasteiger partial charge in [-0.1, -0.05) is 12.1 Å². The van der Waals surface area contributed by atoms with Crippen molar-refractivity contribution in [1.82, 2.24) is 0 Å². The van der Waals surface area contributed by atoms with E-state index < -0.39 is 0 Å². The summed E-state index contributed by atoms with van der Waals surface area (Å²) in [6.45, 7) is 2.03. The van der Waals surface area contributed by atoms with Crippen molar-refractivity contribution in [3.05, 3.63) is 59.2 Å². The Morgan fingerprint density at radius 2 is 2.00 bits per heavy atom. The molecule has 0 fully saturated rings. The lowest BCUT2D eigenvalue weighted by molar-refractivity contribution is 0.103. The molecule has 0 radical (unpaired) electrons. The second-order valence-electron chi connectivity index (χ2n) is 4.91. The molecule has 1 atom stereocenters. The standard InChI is InChI=1S/C16H15NO2/c1-10-7-13-8-12(5-6-15(13)19-10)16(18)11-3-2-4-14(17)9-11/h2-6,8-10H,7,17H2,1H3. The Balaban J connectivity index is 1.95. The summed E-state index contributed by atoms with van der Waals surface area (Å²) >= 11 is 0. The maximum Gasteiger partial charge on any atom is 0.193 e. The van der Waals surface area contributed by atoms with Gasteiger partial charge in [-0.05, 0) is 42.8 Å². The predicted molar refractivity (Wildman–Crippen MR) is 74.5 cm³/mol. The van der Waals surface area contributed by atoms with E-state index in [4.69, 9.17) is 10.5 Å². The SMILES string of the molecule is CC1Cc2cc(C(=O)c3cccc(N)c3)ccc2O1. The topological polar surface area (TPSA) is 52.3 Å². The molecule has 0 bridgehead atoms. The number of hydrogen-bond donors (Lipinski definition) is 1. The van der Waals surface area contributed by atoms with Crippen LogP contribution in [0.25, 0.3) is 0 Å². The molecule has 2 aromatic carbocycles. The maximum absolute atomic E-state index is 12.4. The summed E-state index contributed by atoms with van der Waals surface area (Å²) < 4.78 is 5.64. The first-order chi connectivity index (χ1) is 9.13. The van der Waals surface area contributed by atoms with Gasteiger partial charge in [-0.15, -0.1) is 0 Å². The highest BCUT2D eigenvalue weighted by atomic mass is 16.5. The molecule has 0 aromatic heterocycles. The Morgan fingerprint density at radius 1 is 1.21 bits per heavy atom. The van der Waals surface area contributed by atoms with Crippen molar-refractivity contribution in [3.63, 3.8) is 0 Å². The third-order valence-electron chi connectivity index (χ3n) is 3.31. The number of benzene rings is 2. The average molecular weight is 253 g/mol. The minimum absolute atomic E-state index is 0.00495. The van der Waals surface area contributed by atoms with Crippen LogP contribution in [0, 0.1) is 0 Å². The molecule has 0 saturated heterocycles. The van der Waals surface area contributed by atoms with Gasteiger partial charge in [0.05, 0.1) is 0 Å². The number of fused-ring (bicyclic) bond motifs is 1. The normalized spacial score (nSPS) is 16.8. The Hall–Kier alpha value is -2.29. The Kier molecular flexibility index (Phi) is 2.75. The molecule has 3 rings (SSSR count). The molecule has 1 unspecified atom stereocenters. The van der Waals surface area contributed by atoms with Crippen molar-refractivity contribution in [2.45, 2.75) is 19.4 Å². The highest BCUT2D eigenvalue weighted by Crippen LogP contribution is 2.30. The van der Waals surface area contributed by atoms with Gasteiger partial charge in [0, 0.05) is 23.2 Å². The second kappa shape index (κ2) is 4.43. The molecule has 19 heavy (non-hydrogen) atoms. The number of anilines is 1. The van der Waals surface area contributed by atoms with Crippen molar-refractivity contribution in [2.75, 3.05) is 5.73 Å². The number of carbonyl (C=O) groups is 1. The summed E-state index contributed by atoms with van der Waals surface area (Å²) in [6.07, 6.45) is 1.04. The monoisotopic (exact) mass is 253 g/mol. The molecule has 0 saturated carbocycles. The van der Waals surface area contributed by atoms with Gasteiger partial charge in [0.25, 0.3) is 0 Å². The predicted octanol–water partition coefficient (Wildman–Crippen LogP) is 2.82. The lowest BCUT2D eigenvalue weighted by Crippen LogP contribution is -2.05. The first kappa shape index (κ1) is 11.8. The van der Waals surface area contributed by atoms with E-state index in [1.165, 1.54) is 0 Å². The number of ketones is 1. The molecule has 0 amide bonds. The van der Waals surface area contributed by atoms with Crippen LogP contribution in [-0.2, 0) is 6.42 Å². The fraction of sp³-hybridized carbons (Fsp3) is 0.188. The largest absolute Gasteiger partial charge is 0.490 e. The van der Waals surface area contributed by atoms with Gasteiger partial charge < -0.3 is 10.5 Å². The van der Waals surface area contributed by atoms with Crippen molar-refractivity contribution in [2.24, 2.45) is 0 Å². The quantitative estimate of drug-likeness (QED) is 0.661. The van der Waals surface area contributed by atoms with E-state index in [-0.39, 0.29) is 11.9 Å². The van der Waals surface area contributed by atoms with Crippen molar-refractivity contribution in [3.8, 4) is 5.75 Å². The lowest BCUT2D eigenvalue weighted by atomic mass is 9.99. The summed E-state index contributed by atoms with van der Waals surface area (Å²) in [7, 11) is 0. The summed E-state index contributed by atoms with van der Waals surface area (Å²) in [5.74, 6) is 0.881. The third kappa shape index (κ3) is 2.19. The minimum Gasteiger partial charge on any atom is -0.490 e. The van der Waals surface area contributed by atoms with Crippen LogP contribution in [-0.4, -0.2) is 11.9 Å². The molecule has 3 heteroatoms. The number of hydrogen-bond acceptors (Lipinski definition) is 3. The zero-order valence-corrected chi connectivity index (χ0v) is 10.7. The molecule has 2 N–H and O–H groups in total. The molecule has 1 heterocycles. The third-order valence-corrected chi connectivity index (χ3v) is 3.31. The summed E-state index contributed by atoms with van der Waals surface area (Å²) in [5.41, 5.74) is 8.71. The van der Waals surface area contributed by atoms with E-state index >= 15 is 0 Å². The number of nitrogen functional groups attached to an aromatic ring is 1. The van der Waals surface area contributed by atoms with E-state index in [9.17, 15) is 4.79 Å². The van der Waals surface area contributed by atoms with Gasteiger partial charge in [0.2, 0.25) is 0 Å². The zero-order chi connectivity index (χ0) is 13.4. The summed E-state index contributed by atoms with van der Waals surface area (Å²) in [5, 5.41) is 0. The fourth-order valence-corrected chi connectivity index (χ4v) is 2.41. The fourth-order valence-electron chi connectivity index (χ4n) is 2.41. The van der Waals surface area contributed by atoms with Crippen molar-refractivity contribution < 1.29 is 9.53 Å². The smallest absolute Gasteiger partial charge is 0.193 e. The van der Waals surface area contributed by atoms with Gasteiger partial charge >= 0.3 is 0 Å². The summed E-state index contributed by atoms with van der Waals surface area (Å²) in [6, 6.07) is 12.7. The molecular weight excluding hydrogens is 238 g/mol. The number of ether oxygens (including phenoxy) is 1. The van der Waals surface area contributed by atoms with Gasteiger partial charge in [-0.2, -0.15) is 0 Å². The first-order valence-corrected chi connectivity index (χ1v) is 6.33. The van der Waals surface area contributed by atoms with Crippen LogP contribution in [0.15, 0.2) is 42.5 Å². The Bertz CT molecular complexity index is 649. The minimum atomic E-state index is -0.00495. The molecule has 0 aliphatic carbocycles. The van der Waals surface area contributed by atoms with Crippen molar-refractivity contribution >= 4 is 11.5 Å². The second-order valence-corrected chi connectivity index (χ2v) is 4.91. The van der Waals surface area contributed by atoms with Crippen molar-refractivity contribution in [1.29, 1.82) is 0 Å². The van der Waals surface area contributed by atoms with Crippen LogP contribution in [0.1, 0.15) is 28.4 Å². The highest BCUT2D eigenvalue weighted by molar-refractivity contribution is 6.09. The Labute approximate surface area is 112 Å². The molecular formula is C16H15NO2. The number of carbonyl (C=O) groups excluding carboxylic acids is 1. The number of rotatable bonds is 2. The van der Waals surface area contributed by atoms with E-state index in [0.29, 0.717) is 16.8 Å². The van der Waals surface area contributed by atoms with E-state index in [1.54, 1.807) is 24.3 Å². The Morgan fingerprint density at radius 3 is 2.79 bits per heavy atom. The zero-order valence-electron chi connectivity index (χ0n) is 10.7. The van der Waals surface area contributed by atoms with Crippen LogP contribution in [0.2, 0.25) is 0 Å². The molecule has 0 spiro atoms. The molecule has 96 valence electrons. The van der Waals surface area contributed by atoms with Gasteiger partial charge in [-0.3, -0.25) is 4.79 Å². The van der Waals surface area contributed by atoms with Crippen LogP contribution in [0.5, 0.6) is 5.75 Å².